The first-order valence-corrected chi connectivity index (χ1v) is 6.37. The number of benzene rings is 2. The highest BCUT2D eigenvalue weighted by molar-refractivity contribution is 6.04. The van der Waals surface area contributed by atoms with Gasteiger partial charge >= 0.3 is 0 Å². The molecule has 1 amide bonds. The van der Waals surface area contributed by atoms with Crippen LogP contribution in [-0.4, -0.2) is 17.6 Å². The topological polar surface area (TPSA) is 49.3 Å². The standard InChI is InChI=1S/C17H14FNO2/c1-12-4-5-13(3-2-10-20)11-16(12)19-17(21)14-6-8-15(18)9-7-14/h4-9,11,20H,10H2,1H3,(H,19,21). The van der Waals surface area contributed by atoms with Crippen molar-refractivity contribution in [2.75, 3.05) is 11.9 Å². The van der Waals surface area contributed by atoms with E-state index < -0.39 is 0 Å². The molecule has 4 heteroatoms. The molecule has 2 N–H and O–H groups in total. The number of aryl methyl sites for hydroxylation is 1. The van der Waals surface area contributed by atoms with Crippen LogP contribution in [0.2, 0.25) is 0 Å². The van der Waals surface area contributed by atoms with Crippen LogP contribution in [0.4, 0.5) is 10.1 Å². The maximum Gasteiger partial charge on any atom is 0.255 e. The van der Waals surface area contributed by atoms with Crippen LogP contribution in [-0.2, 0) is 0 Å². The van der Waals surface area contributed by atoms with Crippen molar-refractivity contribution in [2.45, 2.75) is 6.92 Å². The van der Waals surface area contributed by atoms with Crippen molar-refractivity contribution in [3.8, 4) is 11.8 Å². The Kier molecular flexibility index (Phi) is 4.70. The summed E-state index contributed by atoms with van der Waals surface area (Å²) >= 11 is 0. The van der Waals surface area contributed by atoms with E-state index in [9.17, 15) is 9.18 Å². The van der Waals surface area contributed by atoms with Gasteiger partial charge in [-0.05, 0) is 48.9 Å². The fourth-order valence-corrected chi connectivity index (χ4v) is 1.77. The van der Waals surface area contributed by atoms with E-state index in [-0.39, 0.29) is 18.3 Å². The lowest BCUT2D eigenvalue weighted by molar-refractivity contribution is 0.102. The number of amides is 1. The predicted molar refractivity (Wildman–Crippen MR) is 79.5 cm³/mol. The molecule has 2 aromatic carbocycles. The van der Waals surface area contributed by atoms with Crippen LogP contribution in [0.5, 0.6) is 0 Å². The summed E-state index contributed by atoms with van der Waals surface area (Å²) in [7, 11) is 0. The van der Waals surface area contributed by atoms with Crippen LogP contribution in [0.15, 0.2) is 42.5 Å². The molecule has 0 saturated heterocycles. The lowest BCUT2D eigenvalue weighted by atomic mass is 10.1. The van der Waals surface area contributed by atoms with Crippen molar-refractivity contribution in [1.29, 1.82) is 0 Å². The van der Waals surface area contributed by atoms with Gasteiger partial charge in [-0.25, -0.2) is 4.39 Å². The molecule has 0 unspecified atom stereocenters. The second-order valence-electron chi connectivity index (χ2n) is 4.45. The molecule has 0 aliphatic carbocycles. The Hall–Kier alpha value is -2.64. The Labute approximate surface area is 122 Å². The molecule has 0 aromatic heterocycles. The number of anilines is 1. The second-order valence-corrected chi connectivity index (χ2v) is 4.45. The summed E-state index contributed by atoms with van der Waals surface area (Å²) in [5.41, 5.74) is 2.60. The number of carbonyl (C=O) groups excluding carboxylic acids is 1. The normalized spacial score (nSPS) is 9.67. The summed E-state index contributed by atoms with van der Waals surface area (Å²) in [4.78, 5) is 12.1. The van der Waals surface area contributed by atoms with E-state index in [1.165, 1.54) is 24.3 Å². The summed E-state index contributed by atoms with van der Waals surface area (Å²) in [5, 5.41) is 11.5. The maximum absolute atomic E-state index is 12.8. The summed E-state index contributed by atoms with van der Waals surface area (Å²) in [6, 6.07) is 10.7. The van der Waals surface area contributed by atoms with Crippen LogP contribution >= 0.6 is 0 Å². The zero-order valence-electron chi connectivity index (χ0n) is 11.5. The van der Waals surface area contributed by atoms with E-state index >= 15 is 0 Å². The van der Waals surface area contributed by atoms with E-state index in [1.54, 1.807) is 6.07 Å². The van der Waals surface area contributed by atoms with Gasteiger partial charge in [0.05, 0.1) is 0 Å². The molecule has 3 nitrogen and oxygen atoms in total. The summed E-state index contributed by atoms with van der Waals surface area (Å²) in [6.07, 6.45) is 0. The van der Waals surface area contributed by atoms with Crippen LogP contribution < -0.4 is 5.32 Å². The Morgan fingerprint density at radius 2 is 1.95 bits per heavy atom. The fraction of sp³-hybridized carbons (Fsp3) is 0.118. The molecule has 0 aliphatic heterocycles. The van der Waals surface area contributed by atoms with Gasteiger partial charge in [-0.2, -0.15) is 0 Å². The van der Waals surface area contributed by atoms with Crippen LogP contribution in [0.3, 0.4) is 0 Å². The summed E-state index contributed by atoms with van der Waals surface area (Å²) in [5.74, 6) is 4.64. The van der Waals surface area contributed by atoms with Gasteiger partial charge in [0.25, 0.3) is 5.91 Å². The number of halogens is 1. The van der Waals surface area contributed by atoms with Gasteiger partial charge in [-0.15, -0.1) is 0 Å². The molecular weight excluding hydrogens is 269 g/mol. The number of carbonyl (C=O) groups is 1. The zero-order valence-corrected chi connectivity index (χ0v) is 11.5. The van der Waals surface area contributed by atoms with Gasteiger partial charge in [-0.3, -0.25) is 4.79 Å². The van der Waals surface area contributed by atoms with Crippen LogP contribution in [0.1, 0.15) is 21.5 Å². The van der Waals surface area contributed by atoms with Crippen molar-refractivity contribution in [3.05, 3.63) is 65.0 Å². The summed E-state index contributed by atoms with van der Waals surface area (Å²) < 4.78 is 12.8. The van der Waals surface area contributed by atoms with Crippen molar-refractivity contribution in [3.63, 3.8) is 0 Å². The molecule has 0 radical (unpaired) electrons. The summed E-state index contributed by atoms with van der Waals surface area (Å²) in [6.45, 7) is 1.65. The van der Waals surface area contributed by atoms with E-state index in [0.717, 1.165) is 5.56 Å². The third-order valence-electron chi connectivity index (χ3n) is 2.90. The smallest absolute Gasteiger partial charge is 0.255 e. The van der Waals surface area contributed by atoms with Gasteiger partial charge < -0.3 is 10.4 Å². The molecule has 0 aliphatic rings. The number of nitrogens with one attached hydrogen (secondary N) is 1. The average molecular weight is 283 g/mol. The first-order chi connectivity index (χ1) is 10.1. The minimum Gasteiger partial charge on any atom is -0.384 e. The first-order valence-electron chi connectivity index (χ1n) is 6.37. The minimum absolute atomic E-state index is 0.217. The SMILES string of the molecule is Cc1ccc(C#CCO)cc1NC(=O)c1ccc(F)cc1. The van der Waals surface area contributed by atoms with E-state index in [2.05, 4.69) is 17.2 Å². The molecule has 0 bridgehead atoms. The van der Waals surface area contributed by atoms with Gasteiger partial charge in [-0.1, -0.05) is 17.9 Å². The van der Waals surface area contributed by atoms with E-state index in [0.29, 0.717) is 16.8 Å². The van der Waals surface area contributed by atoms with Crippen LogP contribution in [0.25, 0.3) is 0 Å². The molecule has 2 aromatic rings. The van der Waals surface area contributed by atoms with E-state index in [1.807, 2.05) is 19.1 Å². The molecule has 0 atom stereocenters. The molecule has 0 spiro atoms. The number of aliphatic hydroxyl groups excluding tert-OH is 1. The van der Waals surface area contributed by atoms with Crippen molar-refractivity contribution >= 4 is 11.6 Å². The Morgan fingerprint density at radius 1 is 1.24 bits per heavy atom. The van der Waals surface area contributed by atoms with E-state index in [4.69, 9.17) is 5.11 Å². The highest BCUT2D eigenvalue weighted by atomic mass is 19.1. The second kappa shape index (κ2) is 6.69. The van der Waals surface area contributed by atoms with Crippen LogP contribution in [0, 0.1) is 24.6 Å². The van der Waals surface area contributed by atoms with Gasteiger partial charge in [0.2, 0.25) is 0 Å². The monoisotopic (exact) mass is 283 g/mol. The first kappa shape index (κ1) is 14.8. The van der Waals surface area contributed by atoms with Crippen molar-refractivity contribution in [1.82, 2.24) is 0 Å². The molecule has 0 saturated carbocycles. The Balaban J connectivity index is 2.22. The number of hydrogen-bond donors (Lipinski definition) is 2. The maximum atomic E-state index is 12.8. The largest absolute Gasteiger partial charge is 0.384 e. The lowest BCUT2D eigenvalue weighted by Gasteiger charge is -2.09. The van der Waals surface area contributed by atoms with Crippen molar-refractivity contribution < 1.29 is 14.3 Å². The fourth-order valence-electron chi connectivity index (χ4n) is 1.77. The van der Waals surface area contributed by atoms with Gasteiger partial charge in [0, 0.05) is 16.8 Å². The minimum atomic E-state index is -0.385. The van der Waals surface area contributed by atoms with Gasteiger partial charge in [0.1, 0.15) is 12.4 Å². The molecule has 106 valence electrons. The molecular formula is C17H14FNO2. The quantitative estimate of drug-likeness (QED) is 0.833. The molecule has 21 heavy (non-hydrogen) atoms. The Morgan fingerprint density at radius 3 is 2.62 bits per heavy atom. The number of rotatable bonds is 2. The number of aliphatic hydroxyl groups is 1. The average Bonchev–Trinajstić information content (AvgIpc) is 2.48. The van der Waals surface area contributed by atoms with Crippen molar-refractivity contribution in [2.24, 2.45) is 0 Å². The van der Waals surface area contributed by atoms with Gasteiger partial charge in [0.15, 0.2) is 0 Å². The third kappa shape index (κ3) is 3.91. The Bertz CT molecular complexity index is 712. The predicted octanol–water partition coefficient (Wildman–Crippen LogP) is 2.73. The zero-order chi connectivity index (χ0) is 15.2. The molecule has 0 heterocycles. The third-order valence-corrected chi connectivity index (χ3v) is 2.90. The highest BCUT2D eigenvalue weighted by Gasteiger charge is 2.08. The lowest BCUT2D eigenvalue weighted by Crippen LogP contribution is -2.12. The number of hydrogen-bond acceptors (Lipinski definition) is 2. The molecule has 2 rings (SSSR count). The molecule has 0 fully saturated rings. The highest BCUT2D eigenvalue weighted by Crippen LogP contribution is 2.17.